The van der Waals surface area contributed by atoms with Crippen molar-refractivity contribution in [1.29, 1.82) is 0 Å². The Bertz CT molecular complexity index is 715. The third-order valence-electron chi connectivity index (χ3n) is 5.58. The molecule has 2 saturated heterocycles. The summed E-state index contributed by atoms with van der Waals surface area (Å²) < 4.78 is 7.93. The molecule has 2 fully saturated rings. The van der Waals surface area contributed by atoms with Crippen molar-refractivity contribution in [3.05, 3.63) is 27.7 Å². The van der Waals surface area contributed by atoms with Crippen LogP contribution in [0.4, 0.5) is 0 Å². The largest absolute Gasteiger partial charge is 0.377 e. The molecule has 5 nitrogen and oxygen atoms in total. The number of hydrogen-bond donors (Lipinski definition) is 0. The third-order valence-corrected chi connectivity index (χ3v) is 7.74. The van der Waals surface area contributed by atoms with Crippen molar-refractivity contribution in [3.8, 4) is 0 Å². The molecule has 4 heterocycles. The zero-order chi connectivity index (χ0) is 17.9. The van der Waals surface area contributed by atoms with E-state index in [0.717, 1.165) is 43.0 Å². The van der Waals surface area contributed by atoms with Crippen molar-refractivity contribution in [2.24, 2.45) is 7.05 Å². The van der Waals surface area contributed by atoms with E-state index in [1.54, 1.807) is 11.8 Å². The van der Waals surface area contributed by atoms with E-state index in [2.05, 4.69) is 45.1 Å². The molecule has 26 heavy (non-hydrogen) atoms. The molecule has 0 bridgehead atoms. The monoisotopic (exact) mass is 392 g/mol. The van der Waals surface area contributed by atoms with Gasteiger partial charge in [-0.2, -0.15) is 0 Å². The van der Waals surface area contributed by atoms with Gasteiger partial charge < -0.3 is 9.30 Å². The molecule has 0 amide bonds. The molecule has 2 aliphatic heterocycles. The quantitative estimate of drug-likeness (QED) is 0.699. The van der Waals surface area contributed by atoms with Gasteiger partial charge in [0.05, 0.1) is 6.10 Å². The van der Waals surface area contributed by atoms with Crippen molar-refractivity contribution in [2.75, 3.05) is 25.4 Å². The van der Waals surface area contributed by atoms with Crippen molar-refractivity contribution in [1.82, 2.24) is 19.7 Å². The van der Waals surface area contributed by atoms with Gasteiger partial charge in [0.2, 0.25) is 0 Å². The van der Waals surface area contributed by atoms with Gasteiger partial charge in [0.15, 0.2) is 5.16 Å². The smallest absolute Gasteiger partial charge is 0.191 e. The van der Waals surface area contributed by atoms with Gasteiger partial charge in [-0.1, -0.05) is 11.8 Å². The number of aromatic nitrogens is 3. The minimum Gasteiger partial charge on any atom is -0.377 e. The summed E-state index contributed by atoms with van der Waals surface area (Å²) in [6, 6.07) is 2.22. The molecule has 0 radical (unpaired) electrons. The number of ether oxygens (including phenoxy) is 1. The fraction of sp³-hybridized carbons (Fsp3) is 0.684. The van der Waals surface area contributed by atoms with E-state index in [9.17, 15) is 0 Å². The van der Waals surface area contributed by atoms with E-state index in [0.29, 0.717) is 12.0 Å². The Morgan fingerprint density at radius 1 is 1.27 bits per heavy atom. The van der Waals surface area contributed by atoms with Crippen LogP contribution < -0.4 is 0 Å². The van der Waals surface area contributed by atoms with Crippen molar-refractivity contribution in [2.45, 2.75) is 56.3 Å². The number of hydrogen-bond acceptors (Lipinski definition) is 6. The maximum atomic E-state index is 5.72. The molecule has 142 valence electrons. The van der Waals surface area contributed by atoms with Crippen LogP contribution in [0.25, 0.3) is 0 Å². The Labute approximate surface area is 164 Å². The Balaban J connectivity index is 1.30. The lowest BCUT2D eigenvalue weighted by Crippen LogP contribution is -2.33. The fourth-order valence-corrected chi connectivity index (χ4v) is 5.80. The second kappa shape index (κ2) is 8.42. The highest BCUT2D eigenvalue weighted by molar-refractivity contribution is 7.99. The van der Waals surface area contributed by atoms with E-state index < -0.39 is 0 Å². The highest BCUT2D eigenvalue weighted by atomic mass is 32.2. The third kappa shape index (κ3) is 4.16. The van der Waals surface area contributed by atoms with Gasteiger partial charge in [0.1, 0.15) is 5.82 Å². The summed E-state index contributed by atoms with van der Waals surface area (Å²) in [6.07, 6.45) is 5.11. The van der Waals surface area contributed by atoms with E-state index >= 15 is 0 Å². The Hall–Kier alpha value is -0.890. The van der Waals surface area contributed by atoms with Crippen LogP contribution in [0.15, 0.2) is 16.6 Å². The highest BCUT2D eigenvalue weighted by Crippen LogP contribution is 2.31. The summed E-state index contributed by atoms with van der Waals surface area (Å²) in [5.74, 6) is 2.68. The summed E-state index contributed by atoms with van der Waals surface area (Å²) >= 11 is 3.67. The summed E-state index contributed by atoms with van der Waals surface area (Å²) in [4.78, 5) is 4.09. The first-order chi connectivity index (χ1) is 12.7. The highest BCUT2D eigenvalue weighted by Gasteiger charge is 2.26. The molecule has 7 heteroatoms. The second-order valence-corrected chi connectivity index (χ2v) is 9.41. The van der Waals surface area contributed by atoms with Crippen molar-refractivity contribution < 1.29 is 4.74 Å². The van der Waals surface area contributed by atoms with Crippen molar-refractivity contribution in [3.63, 3.8) is 0 Å². The summed E-state index contributed by atoms with van der Waals surface area (Å²) in [6.45, 7) is 6.52. The maximum Gasteiger partial charge on any atom is 0.191 e. The average molecular weight is 393 g/mol. The minimum absolute atomic E-state index is 0.393. The number of thioether (sulfide) groups is 1. The van der Waals surface area contributed by atoms with Gasteiger partial charge in [-0.25, -0.2) is 0 Å². The summed E-state index contributed by atoms with van der Waals surface area (Å²) in [7, 11) is 2.12. The Kier molecular flexibility index (Phi) is 5.98. The van der Waals surface area contributed by atoms with E-state index in [1.807, 2.05) is 11.3 Å². The lowest BCUT2D eigenvalue weighted by Gasteiger charge is -2.31. The molecule has 2 aromatic heterocycles. The Morgan fingerprint density at radius 3 is 2.81 bits per heavy atom. The molecular formula is C19H28N4OS2. The van der Waals surface area contributed by atoms with Crippen LogP contribution in [-0.2, 0) is 18.3 Å². The number of aryl methyl sites for hydroxylation is 1. The standard InChI is InChI=1S/C19H28N4OS2/c1-14-7-11-25-17(14)12-23-8-5-15(6-9-23)18-20-21-19(22(18)2)26-13-16-4-3-10-24-16/h7,11,15-16H,3-6,8-10,12-13H2,1-2H3/t16-/m1/s1. The lowest BCUT2D eigenvalue weighted by molar-refractivity contribution is 0.129. The first-order valence-electron chi connectivity index (χ1n) is 9.59. The molecule has 2 aromatic rings. The SMILES string of the molecule is Cc1ccsc1CN1CCC(c2nnc(SC[C@H]3CCCO3)n2C)CC1. The maximum absolute atomic E-state index is 5.72. The number of piperidine rings is 1. The van der Waals surface area contributed by atoms with Gasteiger partial charge in [-0.3, -0.25) is 4.90 Å². The molecular weight excluding hydrogens is 364 g/mol. The van der Waals surface area contributed by atoms with E-state index in [4.69, 9.17) is 4.74 Å². The molecule has 0 N–H and O–H groups in total. The first-order valence-corrected chi connectivity index (χ1v) is 11.5. The van der Waals surface area contributed by atoms with Crippen LogP contribution in [0.5, 0.6) is 0 Å². The van der Waals surface area contributed by atoms with Gasteiger partial charge in [0.25, 0.3) is 0 Å². The molecule has 0 unspecified atom stereocenters. The number of nitrogens with zero attached hydrogens (tertiary/aromatic N) is 4. The molecule has 0 saturated carbocycles. The Morgan fingerprint density at radius 2 is 2.12 bits per heavy atom. The molecule has 2 aliphatic rings. The van der Waals surface area contributed by atoms with Gasteiger partial charge in [0, 0.05) is 36.7 Å². The van der Waals surface area contributed by atoms with Crippen LogP contribution in [0.1, 0.15) is 47.9 Å². The average Bonchev–Trinajstić information content (AvgIpc) is 3.38. The molecule has 0 spiro atoms. The van der Waals surface area contributed by atoms with Crippen molar-refractivity contribution >= 4 is 23.1 Å². The summed E-state index contributed by atoms with van der Waals surface area (Å²) in [5, 5.41) is 12.2. The molecule has 0 aromatic carbocycles. The predicted molar refractivity (Wildman–Crippen MR) is 107 cm³/mol. The van der Waals surface area contributed by atoms with Crippen LogP contribution in [0.3, 0.4) is 0 Å². The lowest BCUT2D eigenvalue weighted by atomic mass is 9.96. The van der Waals surface area contributed by atoms with Crippen LogP contribution in [-0.4, -0.2) is 51.2 Å². The van der Waals surface area contributed by atoms with Gasteiger partial charge >= 0.3 is 0 Å². The number of rotatable bonds is 6. The normalized spacial score (nSPS) is 22.3. The number of thiophene rings is 1. The predicted octanol–water partition coefficient (Wildman–Crippen LogP) is 3.84. The van der Waals surface area contributed by atoms with Gasteiger partial charge in [-0.15, -0.1) is 21.5 Å². The zero-order valence-corrected chi connectivity index (χ0v) is 17.3. The molecule has 1 atom stereocenters. The zero-order valence-electron chi connectivity index (χ0n) is 15.7. The van der Waals surface area contributed by atoms with E-state index in [1.165, 1.54) is 36.1 Å². The van der Waals surface area contributed by atoms with Crippen LogP contribution in [0, 0.1) is 6.92 Å². The molecule has 4 rings (SSSR count). The molecule has 0 aliphatic carbocycles. The second-order valence-electron chi connectivity index (χ2n) is 7.42. The number of likely N-dealkylation sites (tertiary alicyclic amines) is 1. The fourth-order valence-electron chi connectivity index (χ4n) is 3.87. The van der Waals surface area contributed by atoms with Crippen LogP contribution >= 0.6 is 23.1 Å². The first kappa shape index (κ1) is 18.5. The van der Waals surface area contributed by atoms with E-state index in [-0.39, 0.29) is 0 Å². The van der Waals surface area contributed by atoms with Gasteiger partial charge in [-0.05, 0) is 62.7 Å². The summed E-state index contributed by atoms with van der Waals surface area (Å²) in [5.41, 5.74) is 1.43. The van der Waals surface area contributed by atoms with Crippen LogP contribution in [0.2, 0.25) is 0 Å². The minimum atomic E-state index is 0.393. The topological polar surface area (TPSA) is 43.2 Å².